The number of amides is 7. The Morgan fingerprint density at radius 1 is 0.864 bits per heavy atom. The van der Waals surface area contributed by atoms with E-state index in [-0.39, 0.29) is 41.7 Å². The van der Waals surface area contributed by atoms with E-state index in [1.165, 1.54) is 0 Å². The van der Waals surface area contributed by atoms with Crippen LogP contribution in [0.3, 0.4) is 0 Å². The number of unbranched alkanes of at least 4 members (excludes halogenated alkanes) is 4. The Morgan fingerprint density at radius 3 is 2.37 bits per heavy atom. The summed E-state index contributed by atoms with van der Waals surface area (Å²) in [4.78, 5) is 95.2. The van der Waals surface area contributed by atoms with Crippen molar-refractivity contribution in [1.82, 2.24) is 30.7 Å². The molecule has 6 N–H and O–H groups in total. The first-order valence-corrected chi connectivity index (χ1v) is 20.6. The lowest BCUT2D eigenvalue weighted by atomic mass is 10.0. The number of aromatic nitrogens is 1. The van der Waals surface area contributed by atoms with Crippen LogP contribution in [0.5, 0.6) is 0 Å². The van der Waals surface area contributed by atoms with Gasteiger partial charge in [-0.15, -0.1) is 0 Å². The summed E-state index contributed by atoms with van der Waals surface area (Å²) in [5.74, 6) is -2.45. The van der Waals surface area contributed by atoms with Crippen LogP contribution in [-0.2, 0) is 19.2 Å². The summed E-state index contributed by atoms with van der Waals surface area (Å²) in [5, 5.41) is 14.4. The normalized spacial score (nSPS) is 16.7. The third kappa shape index (κ3) is 9.79. The molecule has 15 heteroatoms. The molecule has 1 unspecified atom stereocenters. The van der Waals surface area contributed by atoms with Crippen LogP contribution in [0.2, 0.25) is 0 Å². The molecule has 4 heterocycles. The molecule has 1 fully saturated rings. The highest BCUT2D eigenvalue weighted by molar-refractivity contribution is 6.35. The van der Waals surface area contributed by atoms with Crippen LogP contribution in [0.4, 0.5) is 11.4 Å². The molecule has 3 aliphatic heterocycles. The van der Waals surface area contributed by atoms with E-state index in [9.17, 15) is 33.6 Å². The summed E-state index contributed by atoms with van der Waals surface area (Å²) < 4.78 is 0. The molecule has 3 aliphatic rings. The lowest BCUT2D eigenvalue weighted by Crippen LogP contribution is -2.54. The van der Waals surface area contributed by atoms with Crippen molar-refractivity contribution in [1.29, 1.82) is 0 Å². The molecule has 0 spiro atoms. The van der Waals surface area contributed by atoms with E-state index in [1.54, 1.807) is 18.2 Å². The van der Waals surface area contributed by atoms with Crippen molar-refractivity contribution in [2.24, 2.45) is 0 Å². The van der Waals surface area contributed by atoms with Gasteiger partial charge in [0.2, 0.25) is 17.7 Å². The van der Waals surface area contributed by atoms with E-state index < -0.39 is 29.7 Å². The zero-order valence-electron chi connectivity index (χ0n) is 34.3. The molecule has 7 amide bonds. The van der Waals surface area contributed by atoms with Crippen LogP contribution in [0.15, 0.2) is 36.4 Å². The van der Waals surface area contributed by atoms with Crippen LogP contribution in [0, 0.1) is 20.8 Å². The number of carbonyl (C=O) groups is 7. The molecule has 15 nitrogen and oxygen atoms in total. The van der Waals surface area contributed by atoms with Gasteiger partial charge in [-0.2, -0.15) is 0 Å². The van der Waals surface area contributed by atoms with Crippen LogP contribution < -0.4 is 26.6 Å². The fraction of sp³-hybridized carbons (Fsp3) is 0.432. The Bertz CT molecular complexity index is 2190. The summed E-state index contributed by atoms with van der Waals surface area (Å²) >= 11 is 0. The Labute approximate surface area is 344 Å². The minimum absolute atomic E-state index is 0.0115. The number of piperidine rings is 1. The number of likely N-dealkylation sites (N-methyl/N-ethyl adjacent to an activating group) is 1. The molecule has 0 bridgehead atoms. The second-order valence-corrected chi connectivity index (χ2v) is 15.4. The average Bonchev–Trinajstić information content (AvgIpc) is 3.77. The third-order valence-corrected chi connectivity index (χ3v) is 11.2. The van der Waals surface area contributed by atoms with Gasteiger partial charge < -0.3 is 31.2 Å². The second kappa shape index (κ2) is 19.1. The lowest BCUT2D eigenvalue weighted by Gasteiger charge is -2.27. The Balaban J connectivity index is 0.841. The zero-order chi connectivity index (χ0) is 42.2. The topological polar surface area (TPSA) is 202 Å². The molecule has 312 valence electrons. The summed E-state index contributed by atoms with van der Waals surface area (Å²) in [5.41, 5.74) is 7.09. The SMILES string of the molecule is CCN(CCNC(=O)CCCCCCCNc1cccc2c1C(=O)N(C1CCC(=O)NC1=O)C2=O)CCNC(=O)c1c(C)[nH]c(/C=C2\C(=O)Nc3ccc(C)cc32)c1C. The number of H-pyrrole nitrogens is 1. The van der Waals surface area contributed by atoms with Gasteiger partial charge in [0.05, 0.1) is 22.3 Å². The van der Waals surface area contributed by atoms with Crippen LogP contribution in [-0.4, -0.2) is 101 Å². The minimum atomic E-state index is -1.00. The summed E-state index contributed by atoms with van der Waals surface area (Å²) in [6.45, 7) is 11.4. The van der Waals surface area contributed by atoms with E-state index in [4.69, 9.17) is 0 Å². The Morgan fingerprint density at radius 2 is 1.61 bits per heavy atom. The average molecular weight is 807 g/mol. The number of hydrogen-bond acceptors (Lipinski definition) is 9. The number of aryl methyl sites for hydroxylation is 2. The Kier molecular flexibility index (Phi) is 13.8. The maximum Gasteiger partial charge on any atom is 0.264 e. The third-order valence-electron chi connectivity index (χ3n) is 11.2. The van der Waals surface area contributed by atoms with Crippen molar-refractivity contribution in [3.8, 4) is 0 Å². The molecule has 1 atom stereocenters. The summed E-state index contributed by atoms with van der Waals surface area (Å²) in [6, 6.07) is 9.86. The van der Waals surface area contributed by atoms with Crippen molar-refractivity contribution in [3.05, 3.63) is 81.2 Å². The minimum Gasteiger partial charge on any atom is -0.384 e. The number of hydrogen-bond donors (Lipinski definition) is 6. The van der Waals surface area contributed by atoms with Crippen molar-refractivity contribution < 1.29 is 33.6 Å². The number of anilines is 2. The molecule has 0 saturated carbocycles. The molecule has 2 aromatic carbocycles. The van der Waals surface area contributed by atoms with E-state index >= 15 is 0 Å². The number of nitrogens with zero attached hydrogens (tertiary/aromatic N) is 2. The number of nitrogens with one attached hydrogen (secondary N) is 6. The molecule has 1 saturated heterocycles. The van der Waals surface area contributed by atoms with Crippen molar-refractivity contribution in [3.63, 3.8) is 0 Å². The molecule has 0 aliphatic carbocycles. The molecule has 3 aromatic rings. The first-order valence-electron chi connectivity index (χ1n) is 20.6. The van der Waals surface area contributed by atoms with Gasteiger partial charge in [-0.05, 0) is 82.5 Å². The standard InChI is InChI=1S/C44H54N8O7/c1-5-51(23-21-47-42(57)38-27(3)34(48-28(38)4)25-31-30-24-26(2)15-16-32(30)49-40(31)55)22-20-46-36(53)14-9-7-6-8-10-19-45-33-13-11-12-29-39(33)44(59)52(43(29)58)35-17-18-37(54)50-41(35)56/h11-13,15-16,24-25,35,45,48H,5-10,14,17-23H2,1-4H3,(H,46,53)(H,47,57)(H,49,55)(H,50,54,56)/b31-25-. The predicted octanol–water partition coefficient (Wildman–Crippen LogP) is 4.45. The van der Waals surface area contributed by atoms with E-state index in [2.05, 4.69) is 36.5 Å². The second-order valence-electron chi connectivity index (χ2n) is 15.4. The van der Waals surface area contributed by atoms with Gasteiger partial charge in [-0.3, -0.25) is 43.8 Å². The first kappa shape index (κ1) is 42.5. The van der Waals surface area contributed by atoms with Crippen LogP contribution in [0.25, 0.3) is 11.6 Å². The predicted molar refractivity (Wildman–Crippen MR) is 225 cm³/mol. The maximum atomic E-state index is 13.3. The van der Waals surface area contributed by atoms with Gasteiger partial charge >= 0.3 is 0 Å². The van der Waals surface area contributed by atoms with Crippen molar-refractivity contribution >= 4 is 64.4 Å². The molecule has 0 radical (unpaired) electrons. The number of aromatic amines is 1. The van der Waals surface area contributed by atoms with Gasteiger partial charge in [-0.1, -0.05) is 43.9 Å². The number of carbonyl (C=O) groups excluding carboxylic acids is 7. The summed E-state index contributed by atoms with van der Waals surface area (Å²) in [7, 11) is 0. The van der Waals surface area contributed by atoms with Gasteiger partial charge in [0.1, 0.15) is 6.04 Å². The maximum absolute atomic E-state index is 13.3. The van der Waals surface area contributed by atoms with Gasteiger partial charge in [-0.25, -0.2) is 0 Å². The Hall–Kier alpha value is -6.09. The summed E-state index contributed by atoms with van der Waals surface area (Å²) in [6.07, 6.45) is 6.83. The molecular weight excluding hydrogens is 753 g/mol. The fourth-order valence-electron chi connectivity index (χ4n) is 7.96. The molecule has 6 rings (SSSR count). The fourth-order valence-corrected chi connectivity index (χ4v) is 7.96. The number of rotatable bonds is 19. The van der Waals surface area contributed by atoms with Crippen molar-refractivity contribution in [2.45, 2.75) is 85.1 Å². The lowest BCUT2D eigenvalue weighted by molar-refractivity contribution is -0.136. The van der Waals surface area contributed by atoms with E-state index in [1.807, 2.05) is 52.0 Å². The van der Waals surface area contributed by atoms with E-state index in [0.29, 0.717) is 56.0 Å². The monoisotopic (exact) mass is 806 g/mol. The number of benzene rings is 2. The highest BCUT2D eigenvalue weighted by atomic mass is 16.2. The smallest absolute Gasteiger partial charge is 0.264 e. The molecular formula is C44H54N8O7. The number of imide groups is 2. The quantitative estimate of drug-likeness (QED) is 0.0575. The van der Waals surface area contributed by atoms with Crippen LogP contribution >= 0.6 is 0 Å². The van der Waals surface area contributed by atoms with E-state index in [0.717, 1.165) is 77.3 Å². The largest absolute Gasteiger partial charge is 0.384 e. The molecule has 1 aromatic heterocycles. The highest BCUT2D eigenvalue weighted by Gasteiger charge is 2.45. The van der Waals surface area contributed by atoms with Gasteiger partial charge in [0.25, 0.3) is 23.6 Å². The zero-order valence-corrected chi connectivity index (χ0v) is 34.3. The highest BCUT2D eigenvalue weighted by Crippen LogP contribution is 2.35. The van der Waals surface area contributed by atoms with Crippen LogP contribution in [0.1, 0.15) is 117 Å². The first-order chi connectivity index (χ1) is 28.4. The van der Waals surface area contributed by atoms with Gasteiger partial charge in [0.15, 0.2) is 0 Å². The van der Waals surface area contributed by atoms with Crippen molar-refractivity contribution in [2.75, 3.05) is 49.9 Å². The number of fused-ring (bicyclic) bond motifs is 2. The van der Waals surface area contributed by atoms with Gasteiger partial charge in [0, 0.05) is 73.9 Å². The molecule has 59 heavy (non-hydrogen) atoms.